The Morgan fingerprint density at radius 1 is 1.35 bits per heavy atom. The van der Waals surface area contributed by atoms with Crippen LogP contribution in [0.2, 0.25) is 5.02 Å². The van der Waals surface area contributed by atoms with Gasteiger partial charge in [0, 0.05) is 49.0 Å². The summed E-state index contributed by atoms with van der Waals surface area (Å²) in [6.45, 7) is 2.84. The van der Waals surface area contributed by atoms with E-state index in [2.05, 4.69) is 16.3 Å². The van der Waals surface area contributed by atoms with Crippen molar-refractivity contribution in [3.63, 3.8) is 0 Å². The van der Waals surface area contributed by atoms with Gasteiger partial charge in [0.05, 0.1) is 6.54 Å². The Hall–Kier alpha value is -1.26. The molecule has 1 aromatic carbocycles. The molecule has 0 aromatic heterocycles. The Morgan fingerprint density at radius 2 is 2.15 bits per heavy atom. The van der Waals surface area contributed by atoms with Gasteiger partial charge in [-0.2, -0.15) is 0 Å². The lowest BCUT2D eigenvalue weighted by Crippen LogP contribution is -2.49. The zero-order valence-corrected chi connectivity index (χ0v) is 12.5. The highest BCUT2D eigenvalue weighted by atomic mass is 35.5. The molecular weight excluding hydrogens is 274 g/mol. The maximum Gasteiger partial charge on any atom is 0.241 e. The van der Waals surface area contributed by atoms with Gasteiger partial charge < -0.3 is 15.1 Å². The molecule has 0 spiro atoms. The first-order valence-electron chi connectivity index (χ1n) is 7.15. The first-order chi connectivity index (χ1) is 9.65. The number of piperazine rings is 1. The topological polar surface area (TPSA) is 35.6 Å². The maximum absolute atomic E-state index is 11.9. The van der Waals surface area contributed by atoms with E-state index in [-0.39, 0.29) is 5.91 Å². The van der Waals surface area contributed by atoms with Gasteiger partial charge >= 0.3 is 0 Å². The predicted octanol–water partition coefficient (Wildman–Crippen LogP) is 1.87. The van der Waals surface area contributed by atoms with Crippen LogP contribution in [0.4, 0.5) is 5.69 Å². The molecule has 4 nitrogen and oxygen atoms in total. The molecule has 1 amide bonds. The second-order valence-electron chi connectivity index (χ2n) is 5.63. The fourth-order valence-electron chi connectivity index (χ4n) is 2.52. The minimum absolute atomic E-state index is 0.164. The van der Waals surface area contributed by atoms with Crippen molar-refractivity contribution in [2.45, 2.75) is 25.4 Å². The van der Waals surface area contributed by atoms with E-state index in [0.717, 1.165) is 35.9 Å². The highest BCUT2D eigenvalue weighted by molar-refractivity contribution is 6.31. The number of benzene rings is 1. The number of nitrogens with zero attached hydrogens (tertiary/aromatic N) is 2. The molecule has 1 saturated heterocycles. The van der Waals surface area contributed by atoms with Crippen molar-refractivity contribution in [1.82, 2.24) is 10.2 Å². The van der Waals surface area contributed by atoms with Crippen molar-refractivity contribution in [2.75, 3.05) is 31.6 Å². The molecule has 108 valence electrons. The quantitative estimate of drug-likeness (QED) is 0.920. The van der Waals surface area contributed by atoms with Crippen molar-refractivity contribution in [3.8, 4) is 0 Å². The predicted molar refractivity (Wildman–Crippen MR) is 81.2 cm³/mol. The highest BCUT2D eigenvalue weighted by Crippen LogP contribution is 2.29. The Balaban J connectivity index is 1.80. The minimum Gasteiger partial charge on any atom is -0.360 e. The largest absolute Gasteiger partial charge is 0.360 e. The van der Waals surface area contributed by atoms with E-state index < -0.39 is 0 Å². The molecule has 1 N–H and O–H groups in total. The van der Waals surface area contributed by atoms with E-state index >= 15 is 0 Å². The van der Waals surface area contributed by atoms with Gasteiger partial charge in [-0.1, -0.05) is 17.7 Å². The number of nitrogens with one attached hydrogen (secondary N) is 1. The summed E-state index contributed by atoms with van der Waals surface area (Å²) in [5, 5.41) is 4.29. The first kappa shape index (κ1) is 13.7. The number of carbonyl (C=O) groups excluding carboxylic acids is 1. The van der Waals surface area contributed by atoms with E-state index in [0.29, 0.717) is 12.6 Å². The number of hydrogen-bond donors (Lipinski definition) is 1. The molecule has 0 radical (unpaired) electrons. The molecule has 0 unspecified atom stereocenters. The standard InChI is InChI=1S/C15H20ClN3O/c1-18-7-8-19(10-15(18)20)14-4-2-3-13(16)12(14)9-17-11-5-6-11/h2-4,11,17H,5-10H2,1H3. The van der Waals surface area contributed by atoms with Crippen molar-refractivity contribution >= 4 is 23.2 Å². The zero-order chi connectivity index (χ0) is 14.1. The molecule has 1 aliphatic carbocycles. The summed E-state index contributed by atoms with van der Waals surface area (Å²) in [6, 6.07) is 6.59. The number of amides is 1. The van der Waals surface area contributed by atoms with Gasteiger partial charge in [0.1, 0.15) is 0 Å². The van der Waals surface area contributed by atoms with E-state index in [1.807, 2.05) is 19.2 Å². The van der Waals surface area contributed by atoms with Crippen LogP contribution in [0.3, 0.4) is 0 Å². The van der Waals surface area contributed by atoms with Crippen LogP contribution in [0.25, 0.3) is 0 Å². The Bertz CT molecular complexity index is 516. The summed E-state index contributed by atoms with van der Waals surface area (Å²) in [5.41, 5.74) is 2.20. The van der Waals surface area contributed by atoms with Crippen LogP contribution in [0.1, 0.15) is 18.4 Å². The average Bonchev–Trinajstić information content (AvgIpc) is 3.24. The summed E-state index contributed by atoms with van der Waals surface area (Å²) in [5.74, 6) is 0.164. The third kappa shape index (κ3) is 2.91. The second-order valence-corrected chi connectivity index (χ2v) is 6.04. The van der Waals surface area contributed by atoms with Crippen LogP contribution in [0.15, 0.2) is 18.2 Å². The number of likely N-dealkylation sites (N-methyl/N-ethyl adjacent to an activating group) is 1. The summed E-state index contributed by atoms with van der Waals surface area (Å²) < 4.78 is 0. The van der Waals surface area contributed by atoms with E-state index in [9.17, 15) is 4.79 Å². The van der Waals surface area contributed by atoms with Gasteiger partial charge in [-0.15, -0.1) is 0 Å². The first-order valence-corrected chi connectivity index (χ1v) is 7.52. The molecule has 1 heterocycles. The van der Waals surface area contributed by atoms with Crippen molar-refractivity contribution in [1.29, 1.82) is 0 Å². The minimum atomic E-state index is 0.164. The second kappa shape index (κ2) is 5.62. The SMILES string of the molecule is CN1CCN(c2cccc(Cl)c2CNC2CC2)CC1=O. The van der Waals surface area contributed by atoms with Crippen molar-refractivity contribution < 1.29 is 4.79 Å². The molecule has 1 aromatic rings. The molecule has 2 aliphatic rings. The van der Waals surface area contributed by atoms with E-state index in [1.165, 1.54) is 12.8 Å². The summed E-state index contributed by atoms with van der Waals surface area (Å²) in [7, 11) is 1.85. The van der Waals surface area contributed by atoms with Gasteiger partial charge in [-0.05, 0) is 25.0 Å². The molecule has 2 fully saturated rings. The van der Waals surface area contributed by atoms with Crippen LogP contribution in [-0.4, -0.2) is 43.5 Å². The number of halogens is 1. The summed E-state index contributed by atoms with van der Waals surface area (Å²) in [6.07, 6.45) is 2.51. The average molecular weight is 294 g/mol. The number of rotatable bonds is 4. The van der Waals surface area contributed by atoms with Gasteiger partial charge in [-0.3, -0.25) is 4.79 Å². The normalized spacial score (nSPS) is 19.6. The molecule has 3 rings (SSSR count). The third-order valence-corrected chi connectivity index (χ3v) is 4.39. The molecule has 1 saturated carbocycles. The van der Waals surface area contributed by atoms with Gasteiger partial charge in [0.15, 0.2) is 0 Å². The van der Waals surface area contributed by atoms with Gasteiger partial charge in [-0.25, -0.2) is 0 Å². The van der Waals surface area contributed by atoms with Crippen LogP contribution in [0.5, 0.6) is 0 Å². The summed E-state index contributed by atoms with van der Waals surface area (Å²) in [4.78, 5) is 15.8. The number of hydrogen-bond acceptors (Lipinski definition) is 3. The number of carbonyl (C=O) groups is 1. The maximum atomic E-state index is 11.9. The summed E-state index contributed by atoms with van der Waals surface area (Å²) >= 11 is 6.36. The molecular formula is C15H20ClN3O. The van der Waals surface area contributed by atoms with Gasteiger partial charge in [0.2, 0.25) is 5.91 Å². The highest BCUT2D eigenvalue weighted by Gasteiger charge is 2.25. The van der Waals surface area contributed by atoms with Crippen LogP contribution >= 0.6 is 11.6 Å². The lowest BCUT2D eigenvalue weighted by Gasteiger charge is -2.35. The molecule has 0 bridgehead atoms. The lowest BCUT2D eigenvalue weighted by molar-refractivity contribution is -0.129. The number of anilines is 1. The fourth-order valence-corrected chi connectivity index (χ4v) is 2.75. The lowest BCUT2D eigenvalue weighted by atomic mass is 10.1. The van der Waals surface area contributed by atoms with E-state index in [1.54, 1.807) is 4.90 Å². The van der Waals surface area contributed by atoms with Crippen molar-refractivity contribution in [3.05, 3.63) is 28.8 Å². The van der Waals surface area contributed by atoms with E-state index in [4.69, 9.17) is 11.6 Å². The molecule has 5 heteroatoms. The van der Waals surface area contributed by atoms with Crippen LogP contribution in [0, 0.1) is 0 Å². The van der Waals surface area contributed by atoms with Crippen LogP contribution < -0.4 is 10.2 Å². The molecule has 1 aliphatic heterocycles. The fraction of sp³-hybridized carbons (Fsp3) is 0.533. The Kier molecular flexibility index (Phi) is 3.85. The Morgan fingerprint density at radius 3 is 2.85 bits per heavy atom. The smallest absolute Gasteiger partial charge is 0.241 e. The Labute approximate surface area is 124 Å². The third-order valence-electron chi connectivity index (χ3n) is 4.04. The molecule has 0 atom stereocenters. The monoisotopic (exact) mass is 293 g/mol. The molecule has 20 heavy (non-hydrogen) atoms. The van der Waals surface area contributed by atoms with Crippen LogP contribution in [-0.2, 0) is 11.3 Å². The van der Waals surface area contributed by atoms with Gasteiger partial charge in [0.25, 0.3) is 0 Å². The van der Waals surface area contributed by atoms with Crippen molar-refractivity contribution in [2.24, 2.45) is 0 Å². The zero-order valence-electron chi connectivity index (χ0n) is 11.7.